The van der Waals surface area contributed by atoms with Crippen LogP contribution in [-0.4, -0.2) is 52.5 Å². The first-order valence-electron chi connectivity index (χ1n) is 17.3. The number of carbonyl (C=O) groups is 2. The first-order chi connectivity index (χ1) is 22.2. The maximum Gasteiger partial charge on any atom is 0.320 e. The SMILES string of the molecule is CCC(N[C@H]1CC[C@H](C(=O)N(C[C@H]2CC[C@H](c3ccc(OC)c(C)c3)CC2)c2cccc(-c3cnn(C(C)C)c3)c2)CC1)C(=O)O. The average Bonchev–Trinajstić information content (AvgIpc) is 3.57. The molecule has 2 aromatic carbocycles. The van der Waals surface area contributed by atoms with Crippen molar-refractivity contribution in [3.8, 4) is 16.9 Å². The zero-order valence-electron chi connectivity index (χ0n) is 28.2. The minimum atomic E-state index is -0.803. The molecule has 2 aliphatic carbocycles. The largest absolute Gasteiger partial charge is 0.496 e. The van der Waals surface area contributed by atoms with Crippen LogP contribution in [0.3, 0.4) is 0 Å². The Labute approximate surface area is 274 Å². The minimum absolute atomic E-state index is 0.0612. The molecule has 2 saturated carbocycles. The van der Waals surface area contributed by atoms with Crippen molar-refractivity contribution in [1.82, 2.24) is 15.1 Å². The highest BCUT2D eigenvalue weighted by atomic mass is 16.5. The molecule has 3 aromatic rings. The van der Waals surface area contributed by atoms with Gasteiger partial charge in [-0.1, -0.05) is 31.2 Å². The number of aryl methyl sites for hydroxylation is 1. The fourth-order valence-electron chi connectivity index (χ4n) is 7.41. The molecule has 0 spiro atoms. The maximum atomic E-state index is 14.4. The van der Waals surface area contributed by atoms with Crippen molar-refractivity contribution in [1.29, 1.82) is 0 Å². The van der Waals surface area contributed by atoms with Gasteiger partial charge in [-0.15, -0.1) is 0 Å². The number of hydrogen-bond donors (Lipinski definition) is 2. The normalized spacial score (nSPS) is 22.4. The van der Waals surface area contributed by atoms with E-state index in [1.165, 1.54) is 11.1 Å². The highest BCUT2D eigenvalue weighted by Gasteiger charge is 2.34. The third-order valence-corrected chi connectivity index (χ3v) is 10.3. The summed E-state index contributed by atoms with van der Waals surface area (Å²) in [6.07, 6.45) is 12.1. The topological polar surface area (TPSA) is 96.7 Å². The number of carbonyl (C=O) groups excluding carboxylic acids is 1. The molecule has 1 unspecified atom stereocenters. The number of aromatic nitrogens is 2. The highest BCUT2D eigenvalue weighted by Crippen LogP contribution is 2.39. The van der Waals surface area contributed by atoms with E-state index in [1.54, 1.807) is 7.11 Å². The van der Waals surface area contributed by atoms with E-state index < -0.39 is 12.0 Å². The molecule has 1 atom stereocenters. The predicted molar refractivity (Wildman–Crippen MR) is 183 cm³/mol. The van der Waals surface area contributed by atoms with Crippen LogP contribution in [0.15, 0.2) is 54.9 Å². The molecule has 8 nitrogen and oxygen atoms in total. The first-order valence-corrected chi connectivity index (χ1v) is 17.3. The maximum absolute atomic E-state index is 14.4. The number of nitrogens with one attached hydrogen (secondary N) is 1. The predicted octanol–water partition coefficient (Wildman–Crippen LogP) is 7.77. The Morgan fingerprint density at radius 1 is 1.02 bits per heavy atom. The molecule has 2 N–H and O–H groups in total. The van der Waals surface area contributed by atoms with Crippen molar-refractivity contribution in [3.63, 3.8) is 0 Å². The average molecular weight is 629 g/mol. The van der Waals surface area contributed by atoms with E-state index >= 15 is 0 Å². The molecule has 2 fully saturated rings. The van der Waals surface area contributed by atoms with E-state index in [-0.39, 0.29) is 23.9 Å². The van der Waals surface area contributed by atoms with Gasteiger partial charge in [-0.2, -0.15) is 5.10 Å². The Morgan fingerprint density at radius 2 is 1.76 bits per heavy atom. The summed E-state index contributed by atoms with van der Waals surface area (Å²) in [6.45, 7) is 8.96. The van der Waals surface area contributed by atoms with Crippen molar-refractivity contribution in [2.75, 3.05) is 18.6 Å². The lowest BCUT2D eigenvalue weighted by Gasteiger charge is -2.37. The Kier molecular flexibility index (Phi) is 11.2. The third kappa shape index (κ3) is 8.00. The van der Waals surface area contributed by atoms with E-state index in [1.807, 2.05) is 17.8 Å². The minimum Gasteiger partial charge on any atom is -0.496 e. The van der Waals surface area contributed by atoms with Crippen molar-refractivity contribution >= 4 is 17.6 Å². The van der Waals surface area contributed by atoms with E-state index in [0.717, 1.165) is 80.5 Å². The Balaban J connectivity index is 1.31. The number of carboxylic acid groups (broad SMARTS) is 1. The monoisotopic (exact) mass is 628 g/mol. The van der Waals surface area contributed by atoms with Gasteiger partial charge < -0.3 is 20.1 Å². The molecule has 5 rings (SSSR count). The van der Waals surface area contributed by atoms with E-state index in [9.17, 15) is 14.7 Å². The van der Waals surface area contributed by atoms with Crippen LogP contribution < -0.4 is 15.0 Å². The summed E-state index contributed by atoms with van der Waals surface area (Å²) in [5, 5.41) is 17.4. The van der Waals surface area contributed by atoms with Crippen LogP contribution >= 0.6 is 0 Å². The van der Waals surface area contributed by atoms with Crippen LogP contribution in [-0.2, 0) is 9.59 Å². The van der Waals surface area contributed by atoms with Gasteiger partial charge in [-0.3, -0.25) is 14.3 Å². The zero-order valence-corrected chi connectivity index (χ0v) is 28.2. The Hall–Kier alpha value is -3.65. The number of aliphatic carboxylic acids is 1. The number of anilines is 1. The number of nitrogens with zero attached hydrogens (tertiary/aromatic N) is 3. The first kappa shape index (κ1) is 33.7. The summed E-state index contributed by atoms with van der Waals surface area (Å²) in [6, 6.07) is 14.8. The molecule has 2 aliphatic rings. The second-order valence-corrected chi connectivity index (χ2v) is 13.8. The van der Waals surface area contributed by atoms with Crippen LogP contribution in [0.5, 0.6) is 5.75 Å². The van der Waals surface area contributed by atoms with Gasteiger partial charge in [0.1, 0.15) is 11.8 Å². The number of hydrogen-bond acceptors (Lipinski definition) is 5. The third-order valence-electron chi connectivity index (χ3n) is 10.3. The van der Waals surface area contributed by atoms with Crippen molar-refractivity contribution in [2.45, 2.75) is 110 Å². The number of benzene rings is 2. The summed E-state index contributed by atoms with van der Waals surface area (Å²) >= 11 is 0. The van der Waals surface area contributed by atoms with Crippen molar-refractivity contribution in [2.24, 2.45) is 11.8 Å². The van der Waals surface area contributed by atoms with Crippen LogP contribution in [0, 0.1) is 18.8 Å². The van der Waals surface area contributed by atoms with Gasteiger partial charge >= 0.3 is 5.97 Å². The summed E-state index contributed by atoms with van der Waals surface area (Å²) in [4.78, 5) is 28.0. The van der Waals surface area contributed by atoms with Crippen LogP contribution in [0.1, 0.15) is 102 Å². The van der Waals surface area contributed by atoms with Crippen LogP contribution in [0.25, 0.3) is 11.1 Å². The van der Waals surface area contributed by atoms with E-state index in [2.05, 4.69) is 84.7 Å². The molecule has 1 amide bonds. The number of methoxy groups -OCH3 is 1. The van der Waals surface area contributed by atoms with Gasteiger partial charge in [0.15, 0.2) is 0 Å². The molecular weight excluding hydrogens is 576 g/mol. The molecular formula is C38H52N4O4. The molecule has 1 heterocycles. The van der Waals surface area contributed by atoms with Gasteiger partial charge in [0.2, 0.25) is 5.91 Å². The fourth-order valence-corrected chi connectivity index (χ4v) is 7.41. The summed E-state index contributed by atoms with van der Waals surface area (Å²) < 4.78 is 7.44. The van der Waals surface area contributed by atoms with Gasteiger partial charge in [0, 0.05) is 42.0 Å². The molecule has 0 saturated heterocycles. The molecule has 1 aromatic heterocycles. The standard InChI is InChI=1S/C38H52N4O4/c1-6-35(38(44)45)40-33-17-14-29(15-18-33)37(43)41(34-9-7-8-30(21-34)32-22-39-42(24-32)25(2)3)23-27-10-12-28(13-11-27)31-16-19-36(46-5)26(4)20-31/h7-9,16,19-22,24-25,27-29,33,35,40H,6,10-15,17-18,23H2,1-5H3,(H,44,45)/t27-,28-,29-,33-,35?. The summed E-state index contributed by atoms with van der Waals surface area (Å²) in [7, 11) is 1.72. The number of carboxylic acids is 1. The molecule has 8 heteroatoms. The van der Waals surface area contributed by atoms with Crippen LogP contribution in [0.4, 0.5) is 5.69 Å². The Morgan fingerprint density at radius 3 is 2.37 bits per heavy atom. The molecule has 0 bridgehead atoms. The van der Waals surface area contributed by atoms with Gasteiger partial charge in [-0.05, 0) is 125 Å². The molecule has 0 aliphatic heterocycles. The quantitative estimate of drug-likeness (QED) is 0.213. The molecule has 248 valence electrons. The van der Waals surface area contributed by atoms with Gasteiger partial charge in [0.05, 0.1) is 13.3 Å². The zero-order chi connectivity index (χ0) is 32.8. The Bertz CT molecular complexity index is 1470. The summed E-state index contributed by atoms with van der Waals surface area (Å²) in [5.41, 5.74) is 5.63. The number of amides is 1. The second-order valence-electron chi connectivity index (χ2n) is 13.8. The lowest BCUT2D eigenvalue weighted by Crippen LogP contribution is -2.47. The van der Waals surface area contributed by atoms with Gasteiger partial charge in [-0.25, -0.2) is 0 Å². The van der Waals surface area contributed by atoms with Crippen LogP contribution in [0.2, 0.25) is 0 Å². The van der Waals surface area contributed by atoms with Crippen molar-refractivity contribution < 1.29 is 19.4 Å². The second kappa shape index (κ2) is 15.3. The smallest absolute Gasteiger partial charge is 0.320 e. The van der Waals surface area contributed by atoms with Crippen molar-refractivity contribution in [3.05, 3.63) is 66.0 Å². The molecule has 0 radical (unpaired) electrons. The number of rotatable bonds is 12. The summed E-state index contributed by atoms with van der Waals surface area (Å²) in [5.74, 6) is 1.24. The highest BCUT2D eigenvalue weighted by molar-refractivity contribution is 5.95. The lowest BCUT2D eigenvalue weighted by atomic mass is 9.78. The molecule has 46 heavy (non-hydrogen) atoms. The lowest BCUT2D eigenvalue weighted by molar-refractivity contribution is -0.140. The van der Waals surface area contributed by atoms with E-state index in [0.29, 0.717) is 18.3 Å². The van der Waals surface area contributed by atoms with Gasteiger partial charge in [0.25, 0.3) is 0 Å². The fraction of sp³-hybridized carbons (Fsp3) is 0.553. The van der Waals surface area contributed by atoms with E-state index in [4.69, 9.17) is 4.74 Å². The number of ether oxygens (including phenoxy) is 1.